The number of aliphatic imine (C=N–C) groups is 1. The molecule has 1 aliphatic rings. The molecule has 0 aliphatic heterocycles. The van der Waals surface area contributed by atoms with Gasteiger partial charge in [-0.3, -0.25) is 9.79 Å². The fourth-order valence-corrected chi connectivity index (χ4v) is 2.93. The summed E-state index contributed by atoms with van der Waals surface area (Å²) >= 11 is 0. The molecule has 1 atom stereocenters. The maximum Gasteiger partial charge on any atom is 0.243 e. The lowest BCUT2D eigenvalue weighted by molar-refractivity contribution is -0.115. The first-order chi connectivity index (χ1) is 15.0. The first-order valence-corrected chi connectivity index (χ1v) is 10.2. The molecule has 3 rings (SSSR count). The van der Waals surface area contributed by atoms with Crippen molar-refractivity contribution in [3.05, 3.63) is 59.4 Å². The van der Waals surface area contributed by atoms with E-state index >= 15 is 0 Å². The number of anilines is 1. The van der Waals surface area contributed by atoms with E-state index in [1.807, 2.05) is 13.0 Å². The molecule has 170 valence electrons. The van der Waals surface area contributed by atoms with Crippen LogP contribution in [0.2, 0.25) is 0 Å². The van der Waals surface area contributed by atoms with Gasteiger partial charge in [0.25, 0.3) is 0 Å². The summed E-state index contributed by atoms with van der Waals surface area (Å²) in [7, 11) is 1.60. The molecule has 0 heterocycles. The van der Waals surface area contributed by atoms with Crippen LogP contribution in [0.4, 0.5) is 10.1 Å². The summed E-state index contributed by atoms with van der Waals surface area (Å²) in [5.41, 5.74) is 2.06. The lowest BCUT2D eigenvalue weighted by atomic mass is 10.1. The van der Waals surface area contributed by atoms with Gasteiger partial charge < -0.3 is 20.7 Å². The second kappa shape index (κ2) is 12.3. The van der Waals surface area contributed by atoms with Gasteiger partial charge in [0, 0.05) is 18.3 Å². The Morgan fingerprint density at radius 3 is 2.75 bits per heavy atom. The summed E-state index contributed by atoms with van der Waals surface area (Å²) in [5, 5.41) is 8.88. The highest BCUT2D eigenvalue weighted by Gasteiger charge is 2.22. The van der Waals surface area contributed by atoms with Gasteiger partial charge in [0.2, 0.25) is 5.91 Å². The molecule has 0 saturated heterocycles. The molecular formula is C24H28FIN4O2. The first-order valence-electron chi connectivity index (χ1n) is 10.2. The molecule has 1 amide bonds. The quantitative estimate of drug-likeness (QED) is 0.201. The second-order valence-electron chi connectivity index (χ2n) is 7.51. The highest BCUT2D eigenvalue weighted by atomic mass is 127. The minimum atomic E-state index is -0.386. The molecule has 0 radical (unpaired) electrons. The van der Waals surface area contributed by atoms with Crippen LogP contribution in [0.5, 0.6) is 5.75 Å². The van der Waals surface area contributed by atoms with Crippen LogP contribution < -0.4 is 20.7 Å². The number of halogens is 2. The lowest BCUT2D eigenvalue weighted by Crippen LogP contribution is -2.42. The summed E-state index contributed by atoms with van der Waals surface area (Å²) < 4.78 is 19.9. The van der Waals surface area contributed by atoms with Crippen LogP contribution in [0.15, 0.2) is 47.5 Å². The minimum absolute atomic E-state index is 0. The molecule has 3 N–H and O–H groups in total. The number of hydrogen-bond acceptors (Lipinski definition) is 3. The smallest absolute Gasteiger partial charge is 0.243 e. The number of amides is 1. The van der Waals surface area contributed by atoms with E-state index in [0.29, 0.717) is 29.7 Å². The number of terminal acetylenes is 1. The predicted molar refractivity (Wildman–Crippen MR) is 136 cm³/mol. The molecule has 1 aliphatic carbocycles. The number of benzene rings is 2. The average molecular weight is 550 g/mol. The van der Waals surface area contributed by atoms with Gasteiger partial charge in [-0.2, -0.15) is 0 Å². The summed E-state index contributed by atoms with van der Waals surface area (Å²) in [6.07, 6.45) is 7.69. The zero-order valence-corrected chi connectivity index (χ0v) is 20.5. The summed E-state index contributed by atoms with van der Waals surface area (Å²) in [4.78, 5) is 16.3. The van der Waals surface area contributed by atoms with E-state index in [1.165, 1.54) is 6.07 Å². The Balaban J connectivity index is 0.00000363. The zero-order chi connectivity index (χ0) is 22.2. The summed E-state index contributed by atoms with van der Waals surface area (Å²) in [6, 6.07) is 11.8. The number of ether oxygens (including phenoxy) is 1. The molecule has 0 spiro atoms. The number of rotatable bonds is 8. The van der Waals surface area contributed by atoms with Crippen LogP contribution in [0.25, 0.3) is 0 Å². The van der Waals surface area contributed by atoms with Crippen LogP contribution in [-0.2, 0) is 4.79 Å². The van der Waals surface area contributed by atoms with Crippen LogP contribution in [-0.4, -0.2) is 32.1 Å². The van der Waals surface area contributed by atoms with Gasteiger partial charge in [0.15, 0.2) is 17.5 Å². The molecule has 0 bridgehead atoms. The maximum atomic E-state index is 14.4. The Bertz CT molecular complexity index is 1000. The second-order valence-corrected chi connectivity index (χ2v) is 7.51. The molecule has 1 unspecified atom stereocenters. The van der Waals surface area contributed by atoms with E-state index in [2.05, 4.69) is 26.9 Å². The summed E-state index contributed by atoms with van der Waals surface area (Å²) in [6.45, 7) is 2.46. The first kappa shape index (κ1) is 25.5. The SMILES string of the molecule is C#Cc1cccc(NC(=O)CNC(=NC)NC(C)c2ccc(OCC3CC3)c(F)c2)c1.I. The molecule has 0 aromatic heterocycles. The minimum Gasteiger partial charge on any atom is -0.490 e. The lowest BCUT2D eigenvalue weighted by Gasteiger charge is -2.19. The van der Waals surface area contributed by atoms with Crippen molar-refractivity contribution >= 4 is 41.5 Å². The molecule has 6 nitrogen and oxygen atoms in total. The molecule has 32 heavy (non-hydrogen) atoms. The Hall–Kier alpha value is -2.80. The van der Waals surface area contributed by atoms with Gasteiger partial charge in [0.1, 0.15) is 0 Å². The van der Waals surface area contributed by atoms with E-state index in [1.54, 1.807) is 37.4 Å². The number of nitrogens with one attached hydrogen (secondary N) is 3. The highest BCUT2D eigenvalue weighted by molar-refractivity contribution is 14.0. The third kappa shape index (κ3) is 7.71. The van der Waals surface area contributed by atoms with Crippen LogP contribution in [0.1, 0.15) is 36.9 Å². The molecular weight excluding hydrogens is 522 g/mol. The van der Waals surface area contributed by atoms with E-state index in [9.17, 15) is 9.18 Å². The zero-order valence-electron chi connectivity index (χ0n) is 18.2. The highest BCUT2D eigenvalue weighted by Crippen LogP contribution is 2.30. The average Bonchev–Trinajstić information content (AvgIpc) is 3.60. The van der Waals surface area contributed by atoms with Gasteiger partial charge in [-0.15, -0.1) is 30.4 Å². The van der Waals surface area contributed by atoms with Crippen molar-refractivity contribution in [2.24, 2.45) is 10.9 Å². The standard InChI is InChI=1S/C24H27FN4O2.HI/c1-4-17-6-5-7-20(12-17)29-23(30)14-27-24(26-3)28-16(2)19-10-11-22(21(25)13-19)31-15-18-8-9-18;/h1,5-7,10-13,16,18H,8-9,14-15H2,2-3H3,(H,29,30)(H2,26,27,28);1H. The molecule has 2 aromatic carbocycles. The fraction of sp³-hybridized carbons (Fsp3) is 0.333. The van der Waals surface area contributed by atoms with Crippen molar-refractivity contribution in [2.75, 3.05) is 25.5 Å². The van der Waals surface area contributed by atoms with E-state index in [-0.39, 0.29) is 54.0 Å². The van der Waals surface area contributed by atoms with Gasteiger partial charge in [-0.25, -0.2) is 4.39 Å². The maximum absolute atomic E-state index is 14.4. The Kier molecular flexibility index (Phi) is 9.78. The van der Waals surface area contributed by atoms with Gasteiger partial charge in [-0.05, 0) is 61.6 Å². The van der Waals surface area contributed by atoms with Crippen molar-refractivity contribution in [1.82, 2.24) is 10.6 Å². The third-order valence-electron chi connectivity index (χ3n) is 4.93. The normalized spacial score (nSPS) is 13.9. The number of guanidine groups is 1. The number of carbonyl (C=O) groups excluding carboxylic acids is 1. The monoisotopic (exact) mass is 550 g/mol. The van der Waals surface area contributed by atoms with Gasteiger partial charge in [0.05, 0.1) is 19.2 Å². The van der Waals surface area contributed by atoms with Gasteiger partial charge >= 0.3 is 0 Å². The predicted octanol–water partition coefficient (Wildman–Crippen LogP) is 4.08. The summed E-state index contributed by atoms with van der Waals surface area (Å²) in [5.74, 6) is 3.16. The number of hydrogen-bond donors (Lipinski definition) is 3. The molecule has 8 heteroatoms. The topological polar surface area (TPSA) is 74.8 Å². The number of carbonyl (C=O) groups is 1. The van der Waals surface area contributed by atoms with Crippen LogP contribution in [0.3, 0.4) is 0 Å². The number of nitrogens with zero attached hydrogens (tertiary/aromatic N) is 1. The van der Waals surface area contributed by atoms with Crippen molar-refractivity contribution < 1.29 is 13.9 Å². The molecule has 1 fully saturated rings. The van der Waals surface area contributed by atoms with E-state index in [4.69, 9.17) is 11.2 Å². The van der Waals surface area contributed by atoms with Crippen molar-refractivity contribution in [3.8, 4) is 18.1 Å². The fourth-order valence-electron chi connectivity index (χ4n) is 2.93. The van der Waals surface area contributed by atoms with Crippen molar-refractivity contribution in [2.45, 2.75) is 25.8 Å². The van der Waals surface area contributed by atoms with Crippen LogP contribution in [0, 0.1) is 24.1 Å². The largest absolute Gasteiger partial charge is 0.490 e. The Labute approximate surface area is 205 Å². The third-order valence-corrected chi connectivity index (χ3v) is 4.93. The molecule has 2 aromatic rings. The van der Waals surface area contributed by atoms with Gasteiger partial charge in [-0.1, -0.05) is 18.1 Å². The van der Waals surface area contributed by atoms with Crippen molar-refractivity contribution in [1.29, 1.82) is 0 Å². The van der Waals surface area contributed by atoms with E-state index < -0.39 is 0 Å². The Morgan fingerprint density at radius 1 is 1.31 bits per heavy atom. The van der Waals surface area contributed by atoms with Crippen LogP contribution >= 0.6 is 24.0 Å². The van der Waals surface area contributed by atoms with E-state index in [0.717, 1.165) is 18.4 Å². The molecule has 1 saturated carbocycles. The Morgan fingerprint density at radius 2 is 2.09 bits per heavy atom. The van der Waals surface area contributed by atoms with Crippen molar-refractivity contribution in [3.63, 3.8) is 0 Å².